The van der Waals surface area contributed by atoms with Crippen LogP contribution in [0.5, 0.6) is 5.75 Å². The molecule has 2 aliphatic carbocycles. The number of thiophene rings is 1. The Morgan fingerprint density at radius 3 is 2.60 bits per heavy atom. The van der Waals surface area contributed by atoms with Gasteiger partial charge in [-0.2, -0.15) is 0 Å². The number of likely N-dealkylation sites (tertiary alicyclic amines) is 1. The second-order valence-corrected chi connectivity index (χ2v) is 12.7. The van der Waals surface area contributed by atoms with Crippen molar-refractivity contribution >= 4 is 44.7 Å². The summed E-state index contributed by atoms with van der Waals surface area (Å²) in [7, 11) is 0. The van der Waals surface area contributed by atoms with E-state index in [1.807, 2.05) is 25.1 Å². The molecule has 0 spiro atoms. The van der Waals surface area contributed by atoms with E-state index in [4.69, 9.17) is 21.9 Å². The first kappa shape index (κ1) is 28.4. The Kier molecular flexibility index (Phi) is 7.32. The number of carbonyl (C=O) groups is 3. The van der Waals surface area contributed by atoms with Crippen LogP contribution in [0.3, 0.4) is 0 Å². The molecular weight excluding hydrogens is 550 g/mol. The molecule has 2 aromatic carbocycles. The number of nitrogens with zero attached hydrogens (tertiary/aromatic N) is 1. The zero-order valence-electron chi connectivity index (χ0n) is 23.8. The number of rotatable bonds is 6. The van der Waals surface area contributed by atoms with Crippen LogP contribution in [0, 0.1) is 6.92 Å². The summed E-state index contributed by atoms with van der Waals surface area (Å²) in [5.41, 5.74) is 21.6. The number of ketones is 1. The van der Waals surface area contributed by atoms with Crippen LogP contribution in [0.15, 0.2) is 43.0 Å². The van der Waals surface area contributed by atoms with Crippen LogP contribution in [0.4, 0.5) is 5.69 Å². The van der Waals surface area contributed by atoms with Gasteiger partial charge in [0.25, 0.3) is 5.91 Å². The van der Waals surface area contributed by atoms with Crippen molar-refractivity contribution in [2.45, 2.75) is 69.2 Å². The number of Topliss-reactive ketones (excluding diaryl/α,β-unsaturated/α-hetero) is 1. The molecule has 2 amide bonds. The average Bonchev–Trinajstić information content (AvgIpc) is 3.64. The van der Waals surface area contributed by atoms with Crippen molar-refractivity contribution in [3.05, 3.63) is 70.1 Å². The van der Waals surface area contributed by atoms with E-state index in [1.165, 1.54) is 30.3 Å². The molecule has 10 heteroatoms. The third kappa shape index (κ3) is 4.58. The van der Waals surface area contributed by atoms with Gasteiger partial charge in [0.2, 0.25) is 5.91 Å². The Bertz CT molecular complexity index is 1610. The number of anilines is 1. The Morgan fingerprint density at radius 1 is 1.14 bits per heavy atom. The molecule has 1 aromatic heterocycles. The maximum atomic E-state index is 14.2. The maximum absolute atomic E-state index is 14.2. The summed E-state index contributed by atoms with van der Waals surface area (Å²) < 4.78 is 6.87. The van der Waals surface area contributed by atoms with Gasteiger partial charge >= 0.3 is 0 Å². The number of nitrogens with two attached hydrogens (primary N) is 3. The summed E-state index contributed by atoms with van der Waals surface area (Å²) in [5.74, 6) is -0.134. The fourth-order valence-corrected chi connectivity index (χ4v) is 8.06. The molecule has 9 nitrogen and oxygen atoms in total. The monoisotopic (exact) mass is 587 g/mol. The van der Waals surface area contributed by atoms with E-state index in [-0.39, 0.29) is 29.7 Å². The second-order valence-electron chi connectivity index (χ2n) is 11.7. The van der Waals surface area contributed by atoms with Gasteiger partial charge in [0.1, 0.15) is 11.3 Å². The lowest BCUT2D eigenvalue weighted by Crippen LogP contribution is -2.53. The van der Waals surface area contributed by atoms with Crippen molar-refractivity contribution in [1.82, 2.24) is 10.2 Å². The highest BCUT2D eigenvalue weighted by Crippen LogP contribution is 2.50. The van der Waals surface area contributed by atoms with Gasteiger partial charge in [-0.25, -0.2) is 0 Å². The van der Waals surface area contributed by atoms with E-state index >= 15 is 0 Å². The largest absolute Gasteiger partial charge is 0.490 e. The minimum atomic E-state index is -1.53. The zero-order chi connectivity index (χ0) is 29.8. The molecule has 0 radical (unpaired) electrons. The van der Waals surface area contributed by atoms with E-state index in [0.29, 0.717) is 50.4 Å². The van der Waals surface area contributed by atoms with Crippen molar-refractivity contribution in [3.8, 4) is 5.75 Å². The third-order valence-electron chi connectivity index (χ3n) is 8.99. The summed E-state index contributed by atoms with van der Waals surface area (Å²) >= 11 is 1.22. The molecule has 3 unspecified atom stereocenters. The molecule has 42 heavy (non-hydrogen) atoms. The zero-order valence-corrected chi connectivity index (χ0v) is 24.6. The lowest BCUT2D eigenvalue weighted by atomic mass is 9.69. The van der Waals surface area contributed by atoms with Gasteiger partial charge in [-0.05, 0) is 86.4 Å². The summed E-state index contributed by atoms with van der Waals surface area (Å²) in [6, 6.07) is 7.81. The highest BCUT2D eigenvalue weighted by atomic mass is 32.1. The molecule has 1 saturated carbocycles. The van der Waals surface area contributed by atoms with Gasteiger partial charge in [0.15, 0.2) is 5.78 Å². The number of nitrogens with one attached hydrogen (secondary N) is 1. The second kappa shape index (κ2) is 10.8. The maximum Gasteiger partial charge on any atom is 0.262 e. The summed E-state index contributed by atoms with van der Waals surface area (Å²) in [6.45, 7) is 6.50. The molecule has 1 aliphatic heterocycles. The minimum Gasteiger partial charge on any atom is -0.490 e. The summed E-state index contributed by atoms with van der Waals surface area (Å²) in [6.07, 6.45) is 7.42. The lowest BCUT2D eigenvalue weighted by molar-refractivity contribution is -0.127. The van der Waals surface area contributed by atoms with Crippen molar-refractivity contribution < 1.29 is 19.1 Å². The van der Waals surface area contributed by atoms with Gasteiger partial charge in [0, 0.05) is 35.8 Å². The Labute approximate surface area is 249 Å². The molecule has 3 atom stereocenters. The highest BCUT2D eigenvalue weighted by molar-refractivity contribution is 7.21. The number of ether oxygens (including phenoxy) is 1. The van der Waals surface area contributed by atoms with E-state index in [1.54, 1.807) is 17.0 Å². The molecule has 1 saturated heterocycles. The number of amides is 2. The topological polar surface area (TPSA) is 154 Å². The van der Waals surface area contributed by atoms with Crippen molar-refractivity contribution in [2.24, 2.45) is 11.5 Å². The van der Waals surface area contributed by atoms with Crippen molar-refractivity contribution in [1.29, 1.82) is 0 Å². The number of hydrogen-bond donors (Lipinski definition) is 4. The number of nitrogen functional groups attached to an aromatic ring is 1. The normalized spacial score (nSPS) is 24.2. The molecule has 2 fully saturated rings. The quantitative estimate of drug-likeness (QED) is 0.253. The van der Waals surface area contributed by atoms with Crippen LogP contribution in [-0.2, 0) is 15.1 Å². The number of aryl methyl sites for hydroxylation is 1. The SMILES string of the molecule is C=CC(=O)N1CCCC(NC(=O)c2sc3c(N)ccc4c3c2C(N)C(=O)C4(N)c2ccc(OC3CCCC3)cc2C)C1. The van der Waals surface area contributed by atoms with Crippen LogP contribution >= 0.6 is 11.3 Å². The van der Waals surface area contributed by atoms with Crippen LogP contribution in [-0.4, -0.2) is 47.7 Å². The first-order chi connectivity index (χ1) is 20.1. The summed E-state index contributed by atoms with van der Waals surface area (Å²) in [4.78, 5) is 42.0. The minimum absolute atomic E-state index is 0.163. The highest BCUT2D eigenvalue weighted by Gasteiger charge is 2.49. The van der Waals surface area contributed by atoms with Crippen molar-refractivity contribution in [2.75, 3.05) is 18.8 Å². The van der Waals surface area contributed by atoms with E-state index < -0.39 is 11.6 Å². The Hall–Kier alpha value is -3.73. The van der Waals surface area contributed by atoms with Crippen LogP contribution in [0.25, 0.3) is 10.1 Å². The number of carbonyl (C=O) groups excluding carboxylic acids is 3. The van der Waals surface area contributed by atoms with E-state index in [0.717, 1.165) is 37.0 Å². The third-order valence-corrected chi connectivity index (χ3v) is 10.2. The predicted molar refractivity (Wildman–Crippen MR) is 164 cm³/mol. The van der Waals surface area contributed by atoms with Crippen LogP contribution in [0.2, 0.25) is 0 Å². The average molecular weight is 588 g/mol. The Balaban J connectivity index is 1.38. The van der Waals surface area contributed by atoms with Gasteiger partial charge in [-0.15, -0.1) is 11.3 Å². The van der Waals surface area contributed by atoms with Gasteiger partial charge < -0.3 is 32.2 Å². The molecule has 6 rings (SSSR count). The number of benzene rings is 2. The molecule has 7 N–H and O–H groups in total. The molecule has 0 bridgehead atoms. The van der Waals surface area contributed by atoms with Crippen molar-refractivity contribution in [3.63, 3.8) is 0 Å². The molecule has 3 aliphatic rings. The van der Waals surface area contributed by atoms with Gasteiger partial charge in [0.05, 0.1) is 21.7 Å². The van der Waals surface area contributed by atoms with Crippen LogP contribution < -0.4 is 27.3 Å². The number of piperidine rings is 1. The lowest BCUT2D eigenvalue weighted by Gasteiger charge is -2.37. The molecular formula is C32H37N5O4S. The van der Waals surface area contributed by atoms with Gasteiger partial charge in [-0.3, -0.25) is 14.4 Å². The molecule has 220 valence electrons. The first-order valence-corrected chi connectivity index (χ1v) is 15.4. The standard InChI is InChI=1S/C32H37N5O4S/c1-3-24(38)37-14-6-7-18(16-37)36-31(40)29-26-25-22(12-13-23(33)28(25)42-29)32(35,30(39)27(26)34)21-11-10-20(15-17(21)2)41-19-8-4-5-9-19/h3,10-13,15,18-19,27H,1,4-9,14,16,33-35H2,2H3,(H,36,40). The molecule has 3 aromatic rings. The van der Waals surface area contributed by atoms with E-state index in [2.05, 4.69) is 11.9 Å². The summed E-state index contributed by atoms with van der Waals surface area (Å²) in [5, 5.41) is 3.73. The Morgan fingerprint density at radius 2 is 1.88 bits per heavy atom. The smallest absolute Gasteiger partial charge is 0.262 e. The van der Waals surface area contributed by atoms with Gasteiger partial charge in [-0.1, -0.05) is 18.7 Å². The predicted octanol–water partition coefficient (Wildman–Crippen LogP) is 3.80. The fraction of sp³-hybridized carbons (Fsp3) is 0.406. The van der Waals surface area contributed by atoms with Crippen LogP contribution in [0.1, 0.15) is 76.5 Å². The molecule has 2 heterocycles. The first-order valence-electron chi connectivity index (χ1n) is 14.6. The number of hydrogen-bond acceptors (Lipinski definition) is 8. The van der Waals surface area contributed by atoms with E-state index in [9.17, 15) is 14.4 Å². The fourth-order valence-electron chi connectivity index (χ4n) is 6.85.